The minimum atomic E-state index is -0.269. The Morgan fingerprint density at radius 2 is 2.12 bits per heavy atom. The van der Waals surface area contributed by atoms with Crippen molar-refractivity contribution in [1.29, 1.82) is 0 Å². The molecule has 0 atom stereocenters. The molecule has 0 spiro atoms. The first-order chi connectivity index (χ1) is 8.31. The van der Waals surface area contributed by atoms with Gasteiger partial charge in [-0.1, -0.05) is 17.4 Å². The van der Waals surface area contributed by atoms with Crippen LogP contribution in [0.25, 0.3) is 10.3 Å². The van der Waals surface area contributed by atoms with Crippen LogP contribution in [0, 0.1) is 5.82 Å². The maximum Gasteiger partial charge on any atom is 0.189 e. The molecule has 0 radical (unpaired) electrons. The van der Waals surface area contributed by atoms with Crippen LogP contribution in [0.4, 0.5) is 15.2 Å². The molecule has 0 fully saturated rings. The highest BCUT2D eigenvalue weighted by atomic mass is 32.1. The molecule has 0 aliphatic carbocycles. The van der Waals surface area contributed by atoms with E-state index in [4.69, 9.17) is 0 Å². The molecule has 1 aromatic carbocycles. The van der Waals surface area contributed by atoms with Crippen LogP contribution in [0.1, 0.15) is 0 Å². The topological polar surface area (TPSA) is 37.8 Å². The lowest BCUT2D eigenvalue weighted by Gasteiger charge is -2.00. The average molecular weight is 245 g/mol. The molecule has 2 aromatic heterocycles. The molecule has 0 saturated heterocycles. The minimum absolute atomic E-state index is 0.269. The van der Waals surface area contributed by atoms with Gasteiger partial charge in [-0.25, -0.2) is 14.4 Å². The number of anilines is 2. The SMILES string of the molecule is Fc1cccc(Nc2nc3cccnc3s2)c1. The number of fused-ring (bicyclic) bond motifs is 1. The Hall–Kier alpha value is -2.01. The molecule has 0 amide bonds. The van der Waals surface area contributed by atoms with Gasteiger partial charge in [-0.3, -0.25) is 0 Å². The van der Waals surface area contributed by atoms with Gasteiger partial charge in [-0.2, -0.15) is 0 Å². The van der Waals surface area contributed by atoms with Crippen molar-refractivity contribution in [3.63, 3.8) is 0 Å². The monoisotopic (exact) mass is 245 g/mol. The zero-order chi connectivity index (χ0) is 11.7. The third-order valence-electron chi connectivity index (χ3n) is 2.24. The predicted octanol–water partition coefficient (Wildman–Crippen LogP) is 3.57. The second-order valence-electron chi connectivity index (χ2n) is 3.48. The Labute approximate surface area is 101 Å². The number of nitrogens with one attached hydrogen (secondary N) is 1. The molecule has 0 unspecified atom stereocenters. The maximum atomic E-state index is 13.0. The summed E-state index contributed by atoms with van der Waals surface area (Å²) in [6, 6.07) is 10.0. The first-order valence-corrected chi connectivity index (χ1v) is 5.87. The van der Waals surface area contributed by atoms with Crippen LogP contribution in [-0.2, 0) is 0 Å². The first kappa shape index (κ1) is 10.2. The fraction of sp³-hybridized carbons (Fsp3) is 0. The van der Waals surface area contributed by atoms with E-state index in [9.17, 15) is 4.39 Å². The van der Waals surface area contributed by atoms with E-state index in [1.54, 1.807) is 18.3 Å². The van der Waals surface area contributed by atoms with Gasteiger partial charge in [0.1, 0.15) is 16.2 Å². The van der Waals surface area contributed by atoms with E-state index >= 15 is 0 Å². The molecule has 0 aliphatic heterocycles. The summed E-state index contributed by atoms with van der Waals surface area (Å²) in [4.78, 5) is 9.43. The summed E-state index contributed by atoms with van der Waals surface area (Å²) in [6.07, 6.45) is 1.73. The number of benzene rings is 1. The van der Waals surface area contributed by atoms with Gasteiger partial charge in [-0.05, 0) is 30.3 Å². The number of pyridine rings is 1. The molecule has 17 heavy (non-hydrogen) atoms. The molecule has 2 heterocycles. The lowest BCUT2D eigenvalue weighted by molar-refractivity contribution is 0.628. The summed E-state index contributed by atoms with van der Waals surface area (Å²) < 4.78 is 13.0. The van der Waals surface area contributed by atoms with Gasteiger partial charge >= 0.3 is 0 Å². The minimum Gasteiger partial charge on any atom is -0.331 e. The van der Waals surface area contributed by atoms with Crippen LogP contribution >= 0.6 is 11.3 Å². The Bertz CT molecular complexity index is 632. The molecular weight excluding hydrogens is 237 g/mol. The lowest BCUT2D eigenvalue weighted by atomic mass is 10.3. The van der Waals surface area contributed by atoms with Crippen molar-refractivity contribution in [2.75, 3.05) is 5.32 Å². The molecular formula is C12H8FN3S. The Morgan fingerprint density at radius 3 is 2.94 bits per heavy atom. The number of rotatable bonds is 2. The van der Waals surface area contributed by atoms with Crippen molar-refractivity contribution >= 4 is 32.5 Å². The van der Waals surface area contributed by atoms with Crippen molar-refractivity contribution in [2.45, 2.75) is 0 Å². The number of hydrogen-bond donors (Lipinski definition) is 1. The Balaban J connectivity index is 1.94. The van der Waals surface area contributed by atoms with Crippen molar-refractivity contribution in [3.8, 4) is 0 Å². The zero-order valence-electron chi connectivity index (χ0n) is 8.72. The maximum absolute atomic E-state index is 13.0. The third kappa shape index (κ3) is 2.09. The quantitative estimate of drug-likeness (QED) is 0.750. The van der Waals surface area contributed by atoms with Crippen LogP contribution in [0.15, 0.2) is 42.6 Å². The van der Waals surface area contributed by atoms with E-state index in [-0.39, 0.29) is 5.82 Å². The summed E-state index contributed by atoms with van der Waals surface area (Å²) in [5.74, 6) is -0.269. The molecule has 3 rings (SSSR count). The van der Waals surface area contributed by atoms with E-state index in [2.05, 4.69) is 15.3 Å². The van der Waals surface area contributed by atoms with E-state index in [1.807, 2.05) is 12.1 Å². The third-order valence-corrected chi connectivity index (χ3v) is 3.14. The largest absolute Gasteiger partial charge is 0.331 e. The molecule has 1 N–H and O–H groups in total. The lowest BCUT2D eigenvalue weighted by Crippen LogP contribution is -1.89. The highest BCUT2D eigenvalue weighted by Gasteiger charge is 2.04. The van der Waals surface area contributed by atoms with Gasteiger partial charge in [-0.15, -0.1) is 0 Å². The predicted molar refractivity (Wildman–Crippen MR) is 67.1 cm³/mol. The number of halogens is 1. The van der Waals surface area contributed by atoms with Gasteiger partial charge in [0.2, 0.25) is 0 Å². The summed E-state index contributed by atoms with van der Waals surface area (Å²) in [6.45, 7) is 0. The zero-order valence-corrected chi connectivity index (χ0v) is 9.54. The van der Waals surface area contributed by atoms with Crippen LogP contribution in [0.3, 0.4) is 0 Å². The van der Waals surface area contributed by atoms with Crippen LogP contribution in [0.2, 0.25) is 0 Å². The first-order valence-electron chi connectivity index (χ1n) is 5.05. The van der Waals surface area contributed by atoms with Gasteiger partial charge in [0.25, 0.3) is 0 Å². The molecule has 0 bridgehead atoms. The second kappa shape index (κ2) is 4.10. The molecule has 84 valence electrons. The van der Waals surface area contributed by atoms with E-state index in [0.717, 1.165) is 10.3 Å². The van der Waals surface area contributed by atoms with Crippen LogP contribution in [0.5, 0.6) is 0 Å². The fourth-order valence-corrected chi connectivity index (χ4v) is 2.34. The van der Waals surface area contributed by atoms with Gasteiger partial charge in [0.05, 0.1) is 0 Å². The Morgan fingerprint density at radius 1 is 1.18 bits per heavy atom. The number of nitrogens with zero attached hydrogens (tertiary/aromatic N) is 2. The van der Waals surface area contributed by atoms with Crippen molar-refractivity contribution in [2.24, 2.45) is 0 Å². The molecule has 0 aliphatic rings. The average Bonchev–Trinajstić information content (AvgIpc) is 2.71. The number of thiazole rings is 1. The van der Waals surface area contributed by atoms with Crippen molar-refractivity contribution < 1.29 is 4.39 Å². The second-order valence-corrected chi connectivity index (χ2v) is 4.46. The normalized spacial score (nSPS) is 10.6. The molecule has 0 saturated carbocycles. The highest BCUT2D eigenvalue weighted by molar-refractivity contribution is 7.21. The molecule has 5 heteroatoms. The molecule has 3 aromatic rings. The highest BCUT2D eigenvalue weighted by Crippen LogP contribution is 2.26. The molecule has 3 nitrogen and oxygen atoms in total. The van der Waals surface area contributed by atoms with Crippen LogP contribution in [-0.4, -0.2) is 9.97 Å². The summed E-state index contributed by atoms with van der Waals surface area (Å²) in [5, 5.41) is 3.77. The summed E-state index contributed by atoms with van der Waals surface area (Å²) >= 11 is 1.44. The van der Waals surface area contributed by atoms with E-state index in [0.29, 0.717) is 10.8 Å². The Kier molecular flexibility index (Phi) is 2.45. The van der Waals surface area contributed by atoms with Gasteiger partial charge < -0.3 is 5.32 Å². The standard InChI is InChI=1S/C12H8FN3S/c13-8-3-1-4-9(7-8)15-12-16-10-5-2-6-14-11(10)17-12/h1-7H,(H,15,16). The van der Waals surface area contributed by atoms with Gasteiger partial charge in [0.15, 0.2) is 5.13 Å². The smallest absolute Gasteiger partial charge is 0.189 e. The number of aromatic nitrogens is 2. The summed E-state index contributed by atoms with van der Waals surface area (Å²) in [7, 11) is 0. The van der Waals surface area contributed by atoms with Gasteiger partial charge in [0, 0.05) is 11.9 Å². The summed E-state index contributed by atoms with van der Waals surface area (Å²) in [5.41, 5.74) is 1.53. The van der Waals surface area contributed by atoms with Crippen LogP contribution < -0.4 is 5.32 Å². The fourth-order valence-electron chi connectivity index (χ4n) is 1.51. The van der Waals surface area contributed by atoms with E-state index in [1.165, 1.54) is 23.5 Å². The van der Waals surface area contributed by atoms with E-state index < -0.39 is 0 Å². The van der Waals surface area contributed by atoms with Crippen molar-refractivity contribution in [1.82, 2.24) is 9.97 Å². The van der Waals surface area contributed by atoms with Crippen molar-refractivity contribution in [3.05, 3.63) is 48.4 Å². The number of hydrogen-bond acceptors (Lipinski definition) is 4.